The Hall–Kier alpha value is -0.580. The molecule has 0 radical (unpaired) electrons. The SMILES string of the molecule is CC(C)Oc1ccc(Br)cc1CNCC1CCCO1. The van der Waals surface area contributed by atoms with Crippen LogP contribution in [-0.2, 0) is 11.3 Å². The van der Waals surface area contributed by atoms with Crippen molar-refractivity contribution in [1.29, 1.82) is 0 Å². The largest absolute Gasteiger partial charge is 0.491 e. The van der Waals surface area contributed by atoms with Crippen LogP contribution >= 0.6 is 15.9 Å². The van der Waals surface area contributed by atoms with E-state index in [0.29, 0.717) is 6.10 Å². The normalized spacial score (nSPS) is 19.1. The number of ether oxygens (including phenoxy) is 2. The molecule has 0 spiro atoms. The van der Waals surface area contributed by atoms with Gasteiger partial charge in [0, 0.05) is 29.7 Å². The number of hydrogen-bond donors (Lipinski definition) is 1. The molecule has 0 aromatic heterocycles. The van der Waals surface area contributed by atoms with Crippen molar-refractivity contribution in [2.75, 3.05) is 13.2 Å². The standard InChI is InChI=1S/C15H22BrNO2/c1-11(2)19-15-6-5-13(16)8-12(15)9-17-10-14-4-3-7-18-14/h5-6,8,11,14,17H,3-4,7,9-10H2,1-2H3. The second kappa shape index (κ2) is 7.27. The molecule has 1 N–H and O–H groups in total. The van der Waals surface area contributed by atoms with Gasteiger partial charge in [0.2, 0.25) is 0 Å². The molecule has 1 saturated heterocycles. The van der Waals surface area contributed by atoms with Crippen LogP contribution in [0.25, 0.3) is 0 Å². The summed E-state index contributed by atoms with van der Waals surface area (Å²) in [6.45, 7) is 6.72. The van der Waals surface area contributed by atoms with Crippen LogP contribution in [-0.4, -0.2) is 25.4 Å². The molecule has 0 aliphatic carbocycles. The fourth-order valence-corrected chi connectivity index (χ4v) is 2.64. The first-order valence-electron chi connectivity index (χ1n) is 6.92. The van der Waals surface area contributed by atoms with E-state index in [2.05, 4.69) is 27.3 Å². The fourth-order valence-electron chi connectivity index (χ4n) is 2.23. The summed E-state index contributed by atoms with van der Waals surface area (Å²) in [5.74, 6) is 0.957. The summed E-state index contributed by atoms with van der Waals surface area (Å²) in [5, 5.41) is 3.46. The smallest absolute Gasteiger partial charge is 0.124 e. The molecule has 0 bridgehead atoms. The van der Waals surface area contributed by atoms with Crippen molar-refractivity contribution in [2.24, 2.45) is 0 Å². The van der Waals surface area contributed by atoms with Crippen LogP contribution in [0.1, 0.15) is 32.3 Å². The molecule has 3 nitrogen and oxygen atoms in total. The highest BCUT2D eigenvalue weighted by atomic mass is 79.9. The van der Waals surface area contributed by atoms with Crippen LogP contribution in [0, 0.1) is 0 Å². The van der Waals surface area contributed by atoms with Crippen molar-refractivity contribution < 1.29 is 9.47 Å². The number of rotatable bonds is 6. The van der Waals surface area contributed by atoms with Gasteiger partial charge in [0.15, 0.2) is 0 Å². The Balaban J connectivity index is 1.91. The van der Waals surface area contributed by atoms with E-state index < -0.39 is 0 Å². The van der Waals surface area contributed by atoms with Gasteiger partial charge >= 0.3 is 0 Å². The lowest BCUT2D eigenvalue weighted by molar-refractivity contribution is 0.110. The van der Waals surface area contributed by atoms with Gasteiger partial charge in [0.1, 0.15) is 5.75 Å². The average Bonchev–Trinajstić information content (AvgIpc) is 2.85. The summed E-state index contributed by atoms with van der Waals surface area (Å²) in [7, 11) is 0. The lowest BCUT2D eigenvalue weighted by Gasteiger charge is -2.16. The van der Waals surface area contributed by atoms with E-state index in [4.69, 9.17) is 9.47 Å². The summed E-state index contributed by atoms with van der Waals surface area (Å²) < 4.78 is 12.5. The Labute approximate surface area is 123 Å². The van der Waals surface area contributed by atoms with E-state index in [9.17, 15) is 0 Å². The molecule has 19 heavy (non-hydrogen) atoms. The molecule has 1 aromatic rings. The molecule has 1 unspecified atom stereocenters. The van der Waals surface area contributed by atoms with Crippen LogP contribution in [0.3, 0.4) is 0 Å². The molecule has 1 atom stereocenters. The van der Waals surface area contributed by atoms with Gasteiger partial charge in [0.25, 0.3) is 0 Å². The molecule has 0 amide bonds. The monoisotopic (exact) mass is 327 g/mol. The number of halogens is 1. The second-order valence-corrected chi connectivity index (χ2v) is 6.10. The minimum atomic E-state index is 0.193. The van der Waals surface area contributed by atoms with Crippen molar-refractivity contribution >= 4 is 15.9 Å². The molecule has 1 aliphatic rings. The lowest BCUT2D eigenvalue weighted by atomic mass is 10.2. The predicted octanol–water partition coefficient (Wildman–Crippen LogP) is 3.50. The minimum Gasteiger partial charge on any atom is -0.491 e. The third kappa shape index (κ3) is 4.79. The van der Waals surface area contributed by atoms with Gasteiger partial charge in [-0.05, 0) is 44.9 Å². The maximum Gasteiger partial charge on any atom is 0.124 e. The first-order chi connectivity index (χ1) is 9.15. The van der Waals surface area contributed by atoms with Gasteiger partial charge in [-0.3, -0.25) is 0 Å². The Bertz CT molecular complexity index is 403. The zero-order valence-corrected chi connectivity index (χ0v) is 13.2. The molecule has 0 saturated carbocycles. The van der Waals surface area contributed by atoms with E-state index in [1.165, 1.54) is 18.4 Å². The Morgan fingerprint density at radius 2 is 2.32 bits per heavy atom. The minimum absolute atomic E-state index is 0.193. The highest BCUT2D eigenvalue weighted by Crippen LogP contribution is 2.24. The highest BCUT2D eigenvalue weighted by Gasteiger charge is 2.15. The van der Waals surface area contributed by atoms with Gasteiger partial charge < -0.3 is 14.8 Å². The average molecular weight is 328 g/mol. The third-order valence-corrected chi connectivity index (χ3v) is 3.59. The van der Waals surface area contributed by atoms with Crippen molar-refractivity contribution in [2.45, 2.75) is 45.4 Å². The van der Waals surface area contributed by atoms with E-state index in [1.807, 2.05) is 26.0 Å². The Morgan fingerprint density at radius 1 is 1.47 bits per heavy atom. The van der Waals surface area contributed by atoms with E-state index >= 15 is 0 Å². The van der Waals surface area contributed by atoms with Gasteiger partial charge in [-0.1, -0.05) is 15.9 Å². The summed E-state index contributed by atoms with van der Waals surface area (Å²) in [6, 6.07) is 6.15. The van der Waals surface area contributed by atoms with Crippen LogP contribution in [0.4, 0.5) is 0 Å². The molecule has 1 heterocycles. The van der Waals surface area contributed by atoms with Gasteiger partial charge in [-0.15, -0.1) is 0 Å². The van der Waals surface area contributed by atoms with Gasteiger partial charge in [-0.2, -0.15) is 0 Å². The zero-order valence-electron chi connectivity index (χ0n) is 11.6. The Morgan fingerprint density at radius 3 is 3.00 bits per heavy atom. The van der Waals surface area contributed by atoms with E-state index in [1.54, 1.807) is 0 Å². The van der Waals surface area contributed by atoms with Crippen LogP contribution in [0.15, 0.2) is 22.7 Å². The van der Waals surface area contributed by atoms with Crippen molar-refractivity contribution in [3.63, 3.8) is 0 Å². The first kappa shape index (κ1) is 14.8. The van der Waals surface area contributed by atoms with Crippen molar-refractivity contribution in [3.8, 4) is 5.75 Å². The van der Waals surface area contributed by atoms with E-state index in [0.717, 1.165) is 29.9 Å². The Kier molecular flexibility index (Phi) is 5.67. The quantitative estimate of drug-likeness (QED) is 0.867. The van der Waals surface area contributed by atoms with E-state index in [-0.39, 0.29) is 6.10 Å². The zero-order chi connectivity index (χ0) is 13.7. The number of hydrogen-bond acceptors (Lipinski definition) is 3. The molecule has 106 valence electrons. The van der Waals surface area contributed by atoms with Crippen molar-refractivity contribution in [1.82, 2.24) is 5.32 Å². The summed E-state index contributed by atoms with van der Waals surface area (Å²) in [4.78, 5) is 0. The molecule has 2 rings (SSSR count). The van der Waals surface area contributed by atoms with Crippen LogP contribution in [0.2, 0.25) is 0 Å². The topological polar surface area (TPSA) is 30.5 Å². The molecule has 4 heteroatoms. The van der Waals surface area contributed by atoms with Gasteiger partial charge in [-0.25, -0.2) is 0 Å². The highest BCUT2D eigenvalue weighted by molar-refractivity contribution is 9.10. The molecular weight excluding hydrogens is 306 g/mol. The third-order valence-electron chi connectivity index (χ3n) is 3.10. The van der Waals surface area contributed by atoms with Crippen LogP contribution in [0.5, 0.6) is 5.75 Å². The fraction of sp³-hybridized carbons (Fsp3) is 0.600. The van der Waals surface area contributed by atoms with Gasteiger partial charge in [0.05, 0.1) is 12.2 Å². The number of benzene rings is 1. The van der Waals surface area contributed by atoms with Crippen molar-refractivity contribution in [3.05, 3.63) is 28.2 Å². The summed E-state index contributed by atoms with van der Waals surface area (Å²) in [5.41, 5.74) is 1.18. The molecule has 1 aliphatic heterocycles. The first-order valence-corrected chi connectivity index (χ1v) is 7.72. The summed E-state index contributed by atoms with van der Waals surface area (Å²) in [6.07, 6.45) is 2.92. The number of nitrogens with one attached hydrogen (secondary N) is 1. The molecule has 1 fully saturated rings. The maximum absolute atomic E-state index is 5.83. The maximum atomic E-state index is 5.83. The molecule has 1 aromatic carbocycles. The van der Waals surface area contributed by atoms with Crippen LogP contribution < -0.4 is 10.1 Å². The second-order valence-electron chi connectivity index (χ2n) is 5.18. The lowest BCUT2D eigenvalue weighted by Crippen LogP contribution is -2.26. The predicted molar refractivity (Wildman–Crippen MR) is 80.6 cm³/mol. The summed E-state index contributed by atoms with van der Waals surface area (Å²) >= 11 is 3.51. The molecular formula is C15H22BrNO2.